The predicted molar refractivity (Wildman–Crippen MR) is 103 cm³/mol. The predicted octanol–water partition coefficient (Wildman–Crippen LogP) is 1.55. The Morgan fingerprint density at radius 2 is 1.65 bits per heavy atom. The van der Waals surface area contributed by atoms with E-state index in [1.54, 1.807) is 4.90 Å². The fraction of sp³-hybridized carbons (Fsp3) is 0.632. The number of ether oxygens (including phenoxy) is 1. The normalized spacial score (nSPS) is 16.5. The van der Waals surface area contributed by atoms with Gasteiger partial charge in [-0.15, -0.1) is 0 Å². The van der Waals surface area contributed by atoms with E-state index in [-0.39, 0.29) is 23.7 Å². The topological polar surface area (TPSA) is 66.9 Å². The number of nitrogens with zero attached hydrogens (tertiary/aromatic N) is 2. The van der Waals surface area contributed by atoms with Crippen molar-refractivity contribution in [3.8, 4) is 5.75 Å². The third kappa shape index (κ3) is 6.61. The van der Waals surface area contributed by atoms with E-state index in [0.29, 0.717) is 38.5 Å². The maximum absolute atomic E-state index is 12.3. The molecule has 2 rings (SSSR count). The zero-order chi connectivity index (χ0) is 19.4. The van der Waals surface area contributed by atoms with E-state index in [1.807, 2.05) is 24.3 Å². The van der Waals surface area contributed by atoms with Crippen molar-refractivity contribution in [2.24, 2.45) is 0 Å². The molecular weight excluding hydrogens is 352 g/mol. The summed E-state index contributed by atoms with van der Waals surface area (Å²) in [5.74, 6) is 0.819. The quantitative estimate of drug-likeness (QED) is 0.747. The van der Waals surface area contributed by atoms with Gasteiger partial charge in [0, 0.05) is 39.0 Å². The Labute approximate surface area is 157 Å². The van der Waals surface area contributed by atoms with Crippen LogP contribution in [0.2, 0.25) is 0 Å². The van der Waals surface area contributed by atoms with Crippen molar-refractivity contribution in [3.63, 3.8) is 0 Å². The smallest absolute Gasteiger partial charge is 0.260 e. The van der Waals surface area contributed by atoms with Crippen LogP contribution >= 0.6 is 0 Å². The average Bonchev–Trinajstić information content (AvgIpc) is 2.57. The van der Waals surface area contributed by atoms with E-state index in [1.165, 1.54) is 11.8 Å². The maximum Gasteiger partial charge on any atom is 0.260 e. The Balaban J connectivity index is 1.75. The lowest BCUT2D eigenvalue weighted by atomic mass is 9.87. The van der Waals surface area contributed by atoms with Gasteiger partial charge in [-0.25, -0.2) is 8.42 Å². The van der Waals surface area contributed by atoms with Crippen LogP contribution in [0.4, 0.5) is 0 Å². The molecule has 7 heteroatoms. The Kier molecular flexibility index (Phi) is 6.69. The van der Waals surface area contributed by atoms with E-state index < -0.39 is 9.84 Å². The Hall–Kier alpha value is -1.60. The third-order valence-corrected chi connectivity index (χ3v) is 5.51. The molecule has 1 aromatic rings. The first-order chi connectivity index (χ1) is 12.0. The monoisotopic (exact) mass is 382 g/mol. The number of rotatable bonds is 6. The molecule has 0 bridgehead atoms. The Morgan fingerprint density at radius 1 is 1.08 bits per heavy atom. The van der Waals surface area contributed by atoms with Crippen LogP contribution in [-0.2, 0) is 20.0 Å². The molecule has 1 fully saturated rings. The van der Waals surface area contributed by atoms with Crippen LogP contribution < -0.4 is 4.74 Å². The number of carbonyl (C=O) groups is 1. The highest BCUT2D eigenvalue weighted by Crippen LogP contribution is 2.24. The van der Waals surface area contributed by atoms with Crippen LogP contribution in [-0.4, -0.2) is 75.5 Å². The molecule has 0 radical (unpaired) electrons. The number of amides is 1. The first-order valence-corrected chi connectivity index (χ1v) is 11.0. The maximum atomic E-state index is 12.3. The summed E-state index contributed by atoms with van der Waals surface area (Å²) in [6, 6.07) is 7.86. The van der Waals surface area contributed by atoms with Gasteiger partial charge in [-0.1, -0.05) is 32.9 Å². The van der Waals surface area contributed by atoms with E-state index in [2.05, 4.69) is 25.7 Å². The van der Waals surface area contributed by atoms with Gasteiger partial charge >= 0.3 is 0 Å². The molecule has 0 aromatic heterocycles. The summed E-state index contributed by atoms with van der Waals surface area (Å²) >= 11 is 0. The van der Waals surface area contributed by atoms with Gasteiger partial charge in [-0.3, -0.25) is 9.69 Å². The Morgan fingerprint density at radius 3 is 2.15 bits per heavy atom. The molecule has 1 saturated heterocycles. The molecule has 1 amide bonds. The molecule has 1 heterocycles. The van der Waals surface area contributed by atoms with Gasteiger partial charge < -0.3 is 9.64 Å². The molecule has 6 nitrogen and oxygen atoms in total. The number of hydrogen-bond donors (Lipinski definition) is 0. The van der Waals surface area contributed by atoms with Crippen molar-refractivity contribution in [2.75, 3.05) is 51.3 Å². The SMILES string of the molecule is CC(C)(C)c1ccc(OCC(=O)N2CCN(CCS(C)(=O)=O)CC2)cc1. The molecule has 146 valence electrons. The minimum atomic E-state index is -2.95. The van der Waals surface area contributed by atoms with Crippen molar-refractivity contribution >= 4 is 15.7 Å². The summed E-state index contributed by atoms with van der Waals surface area (Å²) in [6.07, 6.45) is 1.25. The standard InChI is InChI=1S/C19H30N2O4S/c1-19(2,3)16-5-7-17(8-6-16)25-15-18(22)21-11-9-20(10-12-21)13-14-26(4,23)24/h5-8H,9-15H2,1-4H3. The summed E-state index contributed by atoms with van der Waals surface area (Å²) in [5.41, 5.74) is 1.31. The van der Waals surface area contributed by atoms with Crippen LogP contribution in [0.15, 0.2) is 24.3 Å². The second-order valence-electron chi connectivity index (χ2n) is 7.92. The molecule has 0 atom stereocenters. The number of carbonyl (C=O) groups excluding carboxylic acids is 1. The molecule has 26 heavy (non-hydrogen) atoms. The number of sulfone groups is 1. The van der Waals surface area contributed by atoms with Crippen molar-refractivity contribution in [1.82, 2.24) is 9.80 Å². The van der Waals surface area contributed by atoms with Crippen LogP contribution in [0, 0.1) is 0 Å². The van der Waals surface area contributed by atoms with Crippen molar-refractivity contribution in [1.29, 1.82) is 0 Å². The summed E-state index contributed by atoms with van der Waals surface area (Å²) < 4.78 is 28.1. The van der Waals surface area contributed by atoms with E-state index in [0.717, 1.165) is 0 Å². The van der Waals surface area contributed by atoms with Crippen LogP contribution in [0.5, 0.6) is 5.75 Å². The summed E-state index contributed by atoms with van der Waals surface area (Å²) in [4.78, 5) is 16.2. The number of piperazine rings is 1. The van der Waals surface area contributed by atoms with Crippen LogP contribution in [0.1, 0.15) is 26.3 Å². The highest BCUT2D eigenvalue weighted by molar-refractivity contribution is 7.90. The van der Waals surface area contributed by atoms with Crippen LogP contribution in [0.3, 0.4) is 0 Å². The number of hydrogen-bond acceptors (Lipinski definition) is 5. The zero-order valence-corrected chi connectivity index (χ0v) is 17.0. The molecule has 1 aliphatic heterocycles. The minimum Gasteiger partial charge on any atom is -0.484 e. The molecule has 0 spiro atoms. The van der Waals surface area contributed by atoms with Crippen LogP contribution in [0.25, 0.3) is 0 Å². The Bertz CT molecular complexity index is 700. The van der Waals surface area contributed by atoms with Gasteiger partial charge in [0.25, 0.3) is 5.91 Å². The highest BCUT2D eigenvalue weighted by atomic mass is 32.2. The van der Waals surface area contributed by atoms with Crippen molar-refractivity contribution in [3.05, 3.63) is 29.8 Å². The lowest BCUT2D eigenvalue weighted by Crippen LogP contribution is -2.50. The molecule has 1 aliphatic rings. The molecule has 0 unspecified atom stereocenters. The average molecular weight is 383 g/mol. The third-order valence-electron chi connectivity index (χ3n) is 4.59. The fourth-order valence-corrected chi connectivity index (χ4v) is 3.39. The lowest BCUT2D eigenvalue weighted by molar-refractivity contribution is -0.135. The fourth-order valence-electron chi connectivity index (χ4n) is 2.80. The van der Waals surface area contributed by atoms with E-state index in [9.17, 15) is 13.2 Å². The van der Waals surface area contributed by atoms with Gasteiger partial charge in [-0.2, -0.15) is 0 Å². The second-order valence-corrected chi connectivity index (χ2v) is 10.2. The second kappa shape index (κ2) is 8.39. The molecule has 0 N–H and O–H groups in total. The zero-order valence-electron chi connectivity index (χ0n) is 16.2. The van der Waals surface area contributed by atoms with E-state index >= 15 is 0 Å². The molecule has 1 aromatic carbocycles. The molecule has 0 saturated carbocycles. The number of benzene rings is 1. The summed E-state index contributed by atoms with van der Waals surface area (Å²) in [6.45, 7) is 9.62. The lowest BCUT2D eigenvalue weighted by Gasteiger charge is -2.34. The van der Waals surface area contributed by atoms with Gasteiger partial charge in [-0.05, 0) is 23.1 Å². The summed E-state index contributed by atoms with van der Waals surface area (Å²) in [5, 5.41) is 0. The first-order valence-electron chi connectivity index (χ1n) is 8.96. The van der Waals surface area contributed by atoms with E-state index in [4.69, 9.17) is 4.74 Å². The van der Waals surface area contributed by atoms with Crippen molar-refractivity contribution in [2.45, 2.75) is 26.2 Å². The largest absolute Gasteiger partial charge is 0.484 e. The van der Waals surface area contributed by atoms with Gasteiger partial charge in [0.2, 0.25) is 0 Å². The minimum absolute atomic E-state index is 0.0260. The molecule has 0 aliphatic carbocycles. The first kappa shape index (κ1) is 20.7. The highest BCUT2D eigenvalue weighted by Gasteiger charge is 2.22. The summed E-state index contributed by atoms with van der Waals surface area (Å²) in [7, 11) is -2.95. The van der Waals surface area contributed by atoms with Gasteiger partial charge in [0.05, 0.1) is 5.75 Å². The molecular formula is C19H30N2O4S. The van der Waals surface area contributed by atoms with Crippen molar-refractivity contribution < 1.29 is 17.9 Å². The van der Waals surface area contributed by atoms with Gasteiger partial charge in [0.1, 0.15) is 15.6 Å². The van der Waals surface area contributed by atoms with Gasteiger partial charge in [0.15, 0.2) is 6.61 Å².